The first-order valence-electron chi connectivity index (χ1n) is 15.4. The number of amides is 1. The van der Waals surface area contributed by atoms with Crippen molar-refractivity contribution in [3.63, 3.8) is 0 Å². The quantitative estimate of drug-likeness (QED) is 0.283. The third-order valence-electron chi connectivity index (χ3n) is 8.70. The van der Waals surface area contributed by atoms with Crippen molar-refractivity contribution in [2.45, 2.75) is 79.6 Å². The number of ketones is 2. The second kappa shape index (κ2) is 12.3. The van der Waals surface area contributed by atoms with E-state index in [4.69, 9.17) is 9.47 Å². The van der Waals surface area contributed by atoms with Crippen LogP contribution in [0.5, 0.6) is 11.5 Å². The summed E-state index contributed by atoms with van der Waals surface area (Å²) < 4.78 is 12.6. The number of aryl methyl sites for hydroxylation is 1. The number of anilines is 1. The highest BCUT2D eigenvalue weighted by Gasteiger charge is 2.49. The van der Waals surface area contributed by atoms with E-state index in [1.54, 1.807) is 7.11 Å². The standard InChI is InChI=1S/C36H43IN2O5/c1-8-12-39-25-16-35(3,4)18-27(40)32(25)31(33-26(39)17-36(5,6)19-28(33)41)22-14-24(37)34(29(15-22)43-7)44-20-30(42)38-23-11-9-10-21(2)13-23/h9-11,13-15,31H,8,12,16-20H2,1-7H3,(H,38,42). The number of carbonyl (C=O) groups excluding carboxylic acids is 3. The van der Waals surface area contributed by atoms with Crippen LogP contribution in [0.25, 0.3) is 0 Å². The molecule has 2 aromatic carbocycles. The average molecular weight is 711 g/mol. The van der Waals surface area contributed by atoms with Crippen LogP contribution in [0.3, 0.4) is 0 Å². The fourth-order valence-corrected chi connectivity index (χ4v) is 7.76. The fourth-order valence-electron chi connectivity index (χ4n) is 6.98. The summed E-state index contributed by atoms with van der Waals surface area (Å²) in [6, 6.07) is 11.5. The molecule has 0 saturated carbocycles. The van der Waals surface area contributed by atoms with Crippen LogP contribution in [0.4, 0.5) is 5.69 Å². The summed E-state index contributed by atoms with van der Waals surface area (Å²) in [6.07, 6.45) is 3.35. The van der Waals surface area contributed by atoms with Crippen molar-refractivity contribution < 1.29 is 23.9 Å². The van der Waals surface area contributed by atoms with E-state index in [9.17, 15) is 14.4 Å². The predicted octanol–water partition coefficient (Wildman–Crippen LogP) is 7.72. The van der Waals surface area contributed by atoms with Crippen LogP contribution in [-0.2, 0) is 14.4 Å². The lowest BCUT2D eigenvalue weighted by atomic mass is 9.63. The number of rotatable bonds is 8. The highest BCUT2D eigenvalue weighted by Crippen LogP contribution is 2.55. The van der Waals surface area contributed by atoms with Gasteiger partial charge in [0, 0.05) is 53.5 Å². The van der Waals surface area contributed by atoms with E-state index in [0.717, 1.165) is 63.0 Å². The van der Waals surface area contributed by atoms with E-state index < -0.39 is 5.92 Å². The van der Waals surface area contributed by atoms with E-state index in [1.165, 1.54) is 0 Å². The van der Waals surface area contributed by atoms with Crippen molar-refractivity contribution in [3.8, 4) is 11.5 Å². The maximum atomic E-state index is 14.0. The number of ether oxygens (including phenoxy) is 2. The molecule has 7 nitrogen and oxygen atoms in total. The zero-order valence-corrected chi connectivity index (χ0v) is 29.0. The molecule has 0 fully saturated rings. The van der Waals surface area contributed by atoms with Crippen molar-refractivity contribution in [2.24, 2.45) is 10.8 Å². The number of carbonyl (C=O) groups is 3. The molecule has 0 aromatic heterocycles. The number of hydrogen-bond acceptors (Lipinski definition) is 6. The summed E-state index contributed by atoms with van der Waals surface area (Å²) in [5, 5.41) is 2.87. The number of methoxy groups -OCH3 is 1. The molecular formula is C36H43IN2O5. The van der Waals surface area contributed by atoms with Crippen molar-refractivity contribution >= 4 is 45.8 Å². The summed E-state index contributed by atoms with van der Waals surface area (Å²) in [5.41, 5.74) is 5.87. The molecule has 2 aliphatic carbocycles. The maximum absolute atomic E-state index is 14.0. The van der Waals surface area contributed by atoms with Crippen molar-refractivity contribution in [2.75, 3.05) is 25.6 Å². The molecule has 0 spiro atoms. The van der Waals surface area contributed by atoms with Gasteiger partial charge in [0.1, 0.15) is 0 Å². The van der Waals surface area contributed by atoms with E-state index in [2.05, 4.69) is 67.4 Å². The first kappa shape index (κ1) is 32.3. The van der Waals surface area contributed by atoms with E-state index in [0.29, 0.717) is 30.0 Å². The van der Waals surface area contributed by atoms with Gasteiger partial charge >= 0.3 is 0 Å². The lowest BCUT2D eigenvalue weighted by Crippen LogP contribution is -2.44. The van der Waals surface area contributed by atoms with Crippen molar-refractivity contribution in [3.05, 3.63) is 73.6 Å². The molecule has 8 heteroatoms. The minimum Gasteiger partial charge on any atom is -0.493 e. The summed E-state index contributed by atoms with van der Waals surface area (Å²) in [5.74, 6) is 0.373. The Morgan fingerprint density at radius 2 is 1.59 bits per heavy atom. The molecule has 1 N–H and O–H groups in total. The molecule has 1 aliphatic heterocycles. The van der Waals surface area contributed by atoms with Gasteiger partial charge in [-0.3, -0.25) is 14.4 Å². The van der Waals surface area contributed by atoms with Crippen LogP contribution in [0, 0.1) is 21.3 Å². The first-order chi connectivity index (χ1) is 20.7. The van der Waals surface area contributed by atoms with Crippen LogP contribution in [-0.4, -0.2) is 42.6 Å². The Morgan fingerprint density at radius 3 is 2.14 bits per heavy atom. The number of allylic oxidation sites excluding steroid dienone is 4. The molecule has 0 radical (unpaired) electrons. The number of Topliss-reactive ketones (excluding diaryl/α,β-unsaturated/α-hetero) is 2. The zero-order chi connectivity index (χ0) is 32.0. The third-order valence-corrected chi connectivity index (χ3v) is 9.50. The average Bonchev–Trinajstić information content (AvgIpc) is 2.91. The largest absolute Gasteiger partial charge is 0.493 e. The monoisotopic (exact) mass is 710 g/mol. The summed E-state index contributed by atoms with van der Waals surface area (Å²) in [6.45, 7) is 13.3. The van der Waals surface area contributed by atoms with Gasteiger partial charge in [0.15, 0.2) is 29.7 Å². The third kappa shape index (κ3) is 6.46. The molecule has 3 aliphatic rings. The van der Waals surface area contributed by atoms with Gasteiger partial charge in [0.2, 0.25) is 0 Å². The van der Waals surface area contributed by atoms with Gasteiger partial charge in [-0.05, 0) is 95.0 Å². The van der Waals surface area contributed by atoms with Crippen molar-refractivity contribution in [1.29, 1.82) is 0 Å². The lowest BCUT2D eigenvalue weighted by molar-refractivity contribution is -0.120. The Morgan fingerprint density at radius 1 is 0.977 bits per heavy atom. The molecule has 2 aromatic rings. The maximum Gasteiger partial charge on any atom is 0.262 e. The van der Waals surface area contributed by atoms with Gasteiger partial charge < -0.3 is 19.7 Å². The molecular weight excluding hydrogens is 667 g/mol. The van der Waals surface area contributed by atoms with E-state index >= 15 is 0 Å². The van der Waals surface area contributed by atoms with Gasteiger partial charge in [0.25, 0.3) is 5.91 Å². The Balaban J connectivity index is 1.56. The normalized spacial score (nSPS) is 19.5. The SMILES string of the molecule is CCCN1C2=C(C(=O)CC(C)(C)C2)C(c2cc(I)c(OCC(=O)Nc3cccc(C)c3)c(OC)c2)C2=C1CC(C)(C)CC2=O. The molecule has 44 heavy (non-hydrogen) atoms. The number of nitrogens with zero attached hydrogens (tertiary/aromatic N) is 1. The number of halogens is 1. The van der Waals surface area contributed by atoms with Gasteiger partial charge in [-0.2, -0.15) is 0 Å². The Bertz CT molecular complexity index is 1530. The summed E-state index contributed by atoms with van der Waals surface area (Å²) in [4.78, 5) is 43.1. The lowest BCUT2D eigenvalue weighted by Gasteiger charge is -2.49. The minimum absolute atomic E-state index is 0.105. The van der Waals surface area contributed by atoms with Gasteiger partial charge in [-0.1, -0.05) is 46.8 Å². The van der Waals surface area contributed by atoms with Crippen LogP contribution in [0.2, 0.25) is 0 Å². The van der Waals surface area contributed by atoms with Crippen LogP contribution in [0.1, 0.15) is 83.8 Å². The van der Waals surface area contributed by atoms with Crippen LogP contribution >= 0.6 is 22.6 Å². The molecule has 234 valence electrons. The Hall–Kier alpha value is -3.14. The van der Waals surface area contributed by atoms with E-state index in [-0.39, 0.29) is 34.9 Å². The van der Waals surface area contributed by atoms with Crippen LogP contribution in [0.15, 0.2) is 58.9 Å². The first-order valence-corrected chi connectivity index (χ1v) is 16.5. The minimum atomic E-state index is -0.471. The molecule has 0 bridgehead atoms. The zero-order valence-electron chi connectivity index (χ0n) is 26.9. The Labute approximate surface area is 274 Å². The van der Waals surface area contributed by atoms with E-state index in [1.807, 2.05) is 43.3 Å². The smallest absolute Gasteiger partial charge is 0.262 e. The predicted molar refractivity (Wildman–Crippen MR) is 181 cm³/mol. The molecule has 1 heterocycles. The highest BCUT2D eigenvalue weighted by atomic mass is 127. The van der Waals surface area contributed by atoms with Gasteiger partial charge in [-0.25, -0.2) is 0 Å². The fraction of sp³-hybridized carbons (Fsp3) is 0.472. The Kier molecular flexibility index (Phi) is 9.04. The molecule has 1 amide bonds. The molecule has 5 rings (SSSR count). The van der Waals surface area contributed by atoms with Gasteiger partial charge in [0.05, 0.1) is 10.7 Å². The van der Waals surface area contributed by atoms with Crippen LogP contribution < -0.4 is 14.8 Å². The summed E-state index contributed by atoms with van der Waals surface area (Å²) >= 11 is 2.19. The topological polar surface area (TPSA) is 84.9 Å². The van der Waals surface area contributed by atoms with Crippen molar-refractivity contribution in [1.82, 2.24) is 4.90 Å². The number of nitrogens with one attached hydrogen (secondary N) is 1. The second-order valence-electron chi connectivity index (χ2n) is 13.9. The highest BCUT2D eigenvalue weighted by molar-refractivity contribution is 14.1. The molecule has 0 saturated heterocycles. The van der Waals surface area contributed by atoms with Gasteiger partial charge in [-0.15, -0.1) is 0 Å². The molecule has 0 unspecified atom stereocenters. The summed E-state index contributed by atoms with van der Waals surface area (Å²) in [7, 11) is 1.57. The second-order valence-corrected chi connectivity index (χ2v) is 15.1. The number of hydrogen-bond donors (Lipinski definition) is 1. The number of benzene rings is 2. The molecule has 0 atom stereocenters.